The van der Waals surface area contributed by atoms with Crippen LogP contribution in [0, 0.1) is 0 Å². The molecule has 0 radical (unpaired) electrons. The van der Waals surface area contributed by atoms with Gasteiger partial charge in [-0.1, -0.05) is 36.4 Å². The monoisotopic (exact) mass is 504 g/mol. The molecule has 4 rings (SSSR count). The molecule has 1 atom stereocenters. The van der Waals surface area contributed by atoms with Gasteiger partial charge in [0.15, 0.2) is 5.96 Å². The standard InChI is InChI=1S/C23H28N4O.HI/c1-2-24-23(27-21-13-15-28-22-12-6-4-10-19(21)22)25-14-7-8-17-16-26-20-11-5-3-9-18(17)20;/h3-6,9-12,16,21,26H,2,7-8,13-15H2,1H3,(H2,24,25,27);1H. The minimum absolute atomic E-state index is 0. The third-order valence-corrected chi connectivity index (χ3v) is 5.16. The molecule has 29 heavy (non-hydrogen) atoms. The molecule has 0 spiro atoms. The van der Waals surface area contributed by atoms with Gasteiger partial charge < -0.3 is 20.4 Å². The Bertz CT molecular complexity index is 953. The molecule has 1 aliphatic heterocycles. The number of H-pyrrole nitrogens is 1. The first-order valence-electron chi connectivity index (χ1n) is 10.2. The van der Waals surface area contributed by atoms with E-state index in [4.69, 9.17) is 9.73 Å². The Morgan fingerprint density at radius 3 is 2.90 bits per heavy atom. The van der Waals surface area contributed by atoms with Crippen LogP contribution in [0.2, 0.25) is 0 Å². The zero-order valence-electron chi connectivity index (χ0n) is 16.8. The maximum atomic E-state index is 5.77. The Hall–Kier alpha value is -2.22. The number of aromatic nitrogens is 1. The number of para-hydroxylation sites is 2. The van der Waals surface area contributed by atoms with E-state index in [9.17, 15) is 0 Å². The van der Waals surface area contributed by atoms with Gasteiger partial charge in [-0.15, -0.1) is 24.0 Å². The maximum absolute atomic E-state index is 5.77. The first kappa shape index (κ1) is 21.5. The fourth-order valence-electron chi connectivity index (χ4n) is 3.78. The van der Waals surface area contributed by atoms with Crippen LogP contribution >= 0.6 is 24.0 Å². The van der Waals surface area contributed by atoms with E-state index in [1.54, 1.807) is 0 Å². The number of rotatable bonds is 6. The average Bonchev–Trinajstić information content (AvgIpc) is 3.15. The fourth-order valence-corrected chi connectivity index (χ4v) is 3.78. The highest BCUT2D eigenvalue weighted by Gasteiger charge is 2.21. The molecule has 0 saturated heterocycles. The van der Waals surface area contributed by atoms with Crippen LogP contribution in [0.1, 0.15) is 36.9 Å². The molecule has 6 heteroatoms. The Morgan fingerprint density at radius 1 is 1.17 bits per heavy atom. The number of ether oxygens (including phenoxy) is 1. The summed E-state index contributed by atoms with van der Waals surface area (Å²) in [5.74, 6) is 1.85. The number of nitrogens with one attached hydrogen (secondary N) is 3. The van der Waals surface area contributed by atoms with Crippen molar-refractivity contribution in [2.75, 3.05) is 19.7 Å². The van der Waals surface area contributed by atoms with Gasteiger partial charge in [0.25, 0.3) is 0 Å². The smallest absolute Gasteiger partial charge is 0.191 e. The van der Waals surface area contributed by atoms with Crippen molar-refractivity contribution in [1.29, 1.82) is 0 Å². The normalized spacial score (nSPS) is 15.9. The molecule has 0 amide bonds. The number of hydrogen-bond acceptors (Lipinski definition) is 2. The fraction of sp³-hybridized carbons (Fsp3) is 0.348. The molecule has 154 valence electrons. The Morgan fingerprint density at radius 2 is 2.00 bits per heavy atom. The molecule has 2 heterocycles. The van der Waals surface area contributed by atoms with Crippen LogP contribution in [-0.2, 0) is 6.42 Å². The molecule has 0 bridgehead atoms. The number of halogens is 1. The summed E-state index contributed by atoms with van der Waals surface area (Å²) in [5.41, 5.74) is 3.77. The van der Waals surface area contributed by atoms with Crippen molar-refractivity contribution < 1.29 is 4.74 Å². The number of nitrogens with zero attached hydrogens (tertiary/aromatic N) is 1. The number of fused-ring (bicyclic) bond motifs is 2. The van der Waals surface area contributed by atoms with Crippen molar-refractivity contribution in [3.05, 3.63) is 65.9 Å². The Balaban J connectivity index is 0.00000240. The predicted molar refractivity (Wildman–Crippen MR) is 130 cm³/mol. The molecule has 1 aromatic heterocycles. The number of guanidine groups is 1. The van der Waals surface area contributed by atoms with Crippen LogP contribution in [0.5, 0.6) is 5.75 Å². The van der Waals surface area contributed by atoms with Gasteiger partial charge in [-0.2, -0.15) is 0 Å². The highest BCUT2D eigenvalue weighted by atomic mass is 127. The molecule has 0 aliphatic carbocycles. The zero-order valence-corrected chi connectivity index (χ0v) is 19.1. The second-order valence-electron chi connectivity index (χ2n) is 7.10. The van der Waals surface area contributed by atoms with Gasteiger partial charge in [0.1, 0.15) is 5.75 Å². The topological polar surface area (TPSA) is 61.4 Å². The summed E-state index contributed by atoms with van der Waals surface area (Å²) in [5, 5.41) is 8.28. The van der Waals surface area contributed by atoms with Crippen LogP contribution in [-0.4, -0.2) is 30.6 Å². The zero-order chi connectivity index (χ0) is 19.2. The number of aliphatic imine (C=N–C) groups is 1. The summed E-state index contributed by atoms with van der Waals surface area (Å²) in [7, 11) is 0. The lowest BCUT2D eigenvalue weighted by molar-refractivity contribution is 0.261. The van der Waals surface area contributed by atoms with Crippen LogP contribution in [0.25, 0.3) is 10.9 Å². The van der Waals surface area contributed by atoms with Crippen LogP contribution in [0.3, 0.4) is 0 Å². The van der Waals surface area contributed by atoms with Crippen molar-refractivity contribution in [3.63, 3.8) is 0 Å². The lowest BCUT2D eigenvalue weighted by Gasteiger charge is -2.28. The third-order valence-electron chi connectivity index (χ3n) is 5.16. The summed E-state index contributed by atoms with van der Waals surface area (Å²) < 4.78 is 5.77. The molecule has 5 nitrogen and oxygen atoms in total. The summed E-state index contributed by atoms with van der Waals surface area (Å²) >= 11 is 0. The Labute approximate surface area is 189 Å². The van der Waals surface area contributed by atoms with Crippen molar-refractivity contribution in [2.45, 2.75) is 32.2 Å². The van der Waals surface area contributed by atoms with Gasteiger partial charge >= 0.3 is 0 Å². The first-order valence-corrected chi connectivity index (χ1v) is 10.2. The van der Waals surface area contributed by atoms with E-state index in [1.165, 1.54) is 22.0 Å². The number of aromatic amines is 1. The minimum atomic E-state index is 0. The third kappa shape index (κ3) is 5.23. The molecular weight excluding hydrogens is 475 g/mol. The minimum Gasteiger partial charge on any atom is -0.493 e. The average molecular weight is 504 g/mol. The number of aryl methyl sites for hydroxylation is 1. The van der Waals surface area contributed by atoms with Gasteiger partial charge in [-0.25, -0.2) is 0 Å². The van der Waals surface area contributed by atoms with Gasteiger partial charge in [-0.05, 0) is 37.5 Å². The summed E-state index contributed by atoms with van der Waals surface area (Å²) in [4.78, 5) is 8.15. The SMILES string of the molecule is CCNC(=NCCCc1c[nH]c2ccccc12)NC1CCOc2ccccc21.I. The highest BCUT2D eigenvalue weighted by Crippen LogP contribution is 2.31. The van der Waals surface area contributed by atoms with E-state index >= 15 is 0 Å². The van der Waals surface area contributed by atoms with Gasteiger partial charge in [0.2, 0.25) is 0 Å². The van der Waals surface area contributed by atoms with E-state index < -0.39 is 0 Å². The van der Waals surface area contributed by atoms with Gasteiger partial charge in [0.05, 0.1) is 12.6 Å². The Kier molecular flexibility index (Phi) is 7.80. The summed E-state index contributed by atoms with van der Waals surface area (Å²) in [6, 6.07) is 16.9. The number of hydrogen-bond donors (Lipinski definition) is 3. The van der Waals surface area contributed by atoms with Gasteiger partial charge in [0, 0.05) is 42.2 Å². The maximum Gasteiger partial charge on any atom is 0.191 e. The van der Waals surface area contributed by atoms with Crippen molar-refractivity contribution in [3.8, 4) is 5.75 Å². The summed E-state index contributed by atoms with van der Waals surface area (Å²) in [6.45, 7) is 4.47. The van der Waals surface area contributed by atoms with Crippen molar-refractivity contribution in [2.24, 2.45) is 4.99 Å². The quantitative estimate of drug-likeness (QED) is 0.196. The van der Waals surface area contributed by atoms with E-state index in [1.807, 2.05) is 12.1 Å². The van der Waals surface area contributed by atoms with Crippen LogP contribution in [0.15, 0.2) is 59.7 Å². The van der Waals surface area contributed by atoms with E-state index in [0.29, 0.717) is 0 Å². The number of benzene rings is 2. The summed E-state index contributed by atoms with van der Waals surface area (Å²) in [6.07, 6.45) is 5.10. The molecular formula is C23H29IN4O. The van der Waals surface area contributed by atoms with Crippen molar-refractivity contribution in [1.82, 2.24) is 15.6 Å². The van der Waals surface area contributed by atoms with Crippen LogP contribution in [0.4, 0.5) is 0 Å². The molecule has 3 aromatic rings. The van der Waals surface area contributed by atoms with Crippen LogP contribution < -0.4 is 15.4 Å². The molecule has 2 aromatic carbocycles. The largest absolute Gasteiger partial charge is 0.493 e. The predicted octanol–water partition coefficient (Wildman–Crippen LogP) is 4.80. The molecule has 0 saturated carbocycles. The molecule has 1 aliphatic rings. The lowest BCUT2D eigenvalue weighted by atomic mass is 10.0. The first-order chi connectivity index (χ1) is 13.8. The molecule has 0 fully saturated rings. The van der Waals surface area contributed by atoms with Crippen molar-refractivity contribution >= 4 is 40.8 Å². The molecule has 1 unspecified atom stereocenters. The second-order valence-corrected chi connectivity index (χ2v) is 7.10. The molecule has 3 N–H and O–H groups in total. The van der Waals surface area contributed by atoms with Gasteiger partial charge in [-0.3, -0.25) is 4.99 Å². The second kappa shape index (κ2) is 10.5. The van der Waals surface area contributed by atoms with E-state index in [0.717, 1.165) is 50.7 Å². The lowest BCUT2D eigenvalue weighted by Crippen LogP contribution is -2.41. The highest BCUT2D eigenvalue weighted by molar-refractivity contribution is 14.0. The van der Waals surface area contributed by atoms with E-state index in [-0.39, 0.29) is 30.0 Å². The van der Waals surface area contributed by atoms with E-state index in [2.05, 4.69) is 65.1 Å².